The van der Waals surface area contributed by atoms with E-state index in [0.29, 0.717) is 23.5 Å². The van der Waals surface area contributed by atoms with Crippen molar-refractivity contribution in [3.05, 3.63) is 12.3 Å². The number of methoxy groups -OCH3 is 1. The molecule has 2 nitrogen and oxygen atoms in total. The van der Waals surface area contributed by atoms with Gasteiger partial charge in [0.05, 0.1) is 12.1 Å². The van der Waals surface area contributed by atoms with Gasteiger partial charge in [-0.2, -0.15) is 0 Å². The lowest BCUT2D eigenvalue weighted by Crippen LogP contribution is -2.45. The Balaban J connectivity index is 1.88. The Bertz CT molecular complexity index is 336. The first kappa shape index (κ1) is 16.9. The highest BCUT2D eigenvalue weighted by molar-refractivity contribution is 5.03. The van der Waals surface area contributed by atoms with Crippen LogP contribution < -0.4 is 5.32 Å². The molecule has 0 radical (unpaired) electrons. The molecule has 3 unspecified atom stereocenters. The van der Waals surface area contributed by atoms with Crippen molar-refractivity contribution in [2.24, 2.45) is 23.2 Å². The monoisotopic (exact) mass is 293 g/mol. The molecule has 1 aliphatic heterocycles. The van der Waals surface area contributed by atoms with Crippen LogP contribution in [0.3, 0.4) is 0 Å². The number of ether oxygens (including phenoxy) is 1. The molecule has 0 saturated heterocycles. The third kappa shape index (κ3) is 4.25. The Hall–Kier alpha value is -0.500. The maximum Gasteiger partial charge on any atom is 0.0834 e. The van der Waals surface area contributed by atoms with Gasteiger partial charge in [0.2, 0.25) is 0 Å². The smallest absolute Gasteiger partial charge is 0.0834 e. The molecule has 0 aromatic heterocycles. The van der Waals surface area contributed by atoms with Crippen LogP contribution in [-0.4, -0.2) is 19.3 Å². The van der Waals surface area contributed by atoms with Crippen LogP contribution >= 0.6 is 0 Å². The highest BCUT2D eigenvalue weighted by Crippen LogP contribution is 2.42. The summed E-state index contributed by atoms with van der Waals surface area (Å²) in [6, 6.07) is 0.482. The Labute approximate surface area is 131 Å². The van der Waals surface area contributed by atoms with Gasteiger partial charge in [-0.05, 0) is 49.1 Å². The first-order chi connectivity index (χ1) is 9.95. The molecule has 3 atom stereocenters. The minimum atomic E-state index is 0.348. The second-order valence-electron chi connectivity index (χ2n) is 8.22. The highest BCUT2D eigenvalue weighted by Gasteiger charge is 2.34. The van der Waals surface area contributed by atoms with Gasteiger partial charge < -0.3 is 10.1 Å². The summed E-state index contributed by atoms with van der Waals surface area (Å²) < 4.78 is 5.81. The van der Waals surface area contributed by atoms with Crippen LogP contribution in [0.4, 0.5) is 0 Å². The Morgan fingerprint density at radius 2 is 1.81 bits per heavy atom. The summed E-state index contributed by atoms with van der Waals surface area (Å²) in [5.74, 6) is 2.41. The first-order valence-corrected chi connectivity index (χ1v) is 8.91. The van der Waals surface area contributed by atoms with Gasteiger partial charge in [-0.15, -0.1) is 0 Å². The van der Waals surface area contributed by atoms with Crippen LogP contribution in [0.2, 0.25) is 0 Å². The van der Waals surface area contributed by atoms with Crippen molar-refractivity contribution in [3.63, 3.8) is 0 Å². The van der Waals surface area contributed by atoms with Crippen molar-refractivity contribution in [1.82, 2.24) is 5.32 Å². The zero-order valence-corrected chi connectivity index (χ0v) is 14.7. The summed E-state index contributed by atoms with van der Waals surface area (Å²) in [7, 11) is 1.87. The molecule has 0 amide bonds. The van der Waals surface area contributed by atoms with E-state index >= 15 is 0 Å². The van der Waals surface area contributed by atoms with E-state index < -0.39 is 0 Å². The third-order valence-corrected chi connectivity index (χ3v) is 5.86. The van der Waals surface area contributed by atoms with Crippen LogP contribution in [0.5, 0.6) is 0 Å². The molecule has 122 valence electrons. The molecule has 1 aliphatic carbocycles. The molecule has 0 aromatic rings. The summed E-state index contributed by atoms with van der Waals surface area (Å²) in [4.78, 5) is 0. The van der Waals surface area contributed by atoms with Crippen LogP contribution in [-0.2, 0) is 4.74 Å². The van der Waals surface area contributed by atoms with Crippen LogP contribution in [0, 0.1) is 23.2 Å². The average molecular weight is 293 g/mol. The van der Waals surface area contributed by atoms with Gasteiger partial charge in [0.25, 0.3) is 0 Å². The number of rotatable bonds is 4. The Kier molecular flexibility index (Phi) is 5.76. The minimum absolute atomic E-state index is 0.348. The molecule has 0 aromatic carbocycles. The van der Waals surface area contributed by atoms with Gasteiger partial charge in [0.15, 0.2) is 0 Å². The standard InChI is InChI=1S/C19H35NO/c1-6-17-18(21-5)15(11-12-20-17)13-14-7-9-16(10-8-14)19(2,3)4/h11-12,14-18,20H,6-10,13H2,1-5H3. The third-order valence-electron chi connectivity index (χ3n) is 5.86. The second kappa shape index (κ2) is 7.17. The first-order valence-electron chi connectivity index (χ1n) is 8.91. The van der Waals surface area contributed by atoms with Crippen molar-refractivity contribution in [1.29, 1.82) is 0 Å². The zero-order valence-electron chi connectivity index (χ0n) is 14.7. The maximum atomic E-state index is 5.81. The van der Waals surface area contributed by atoms with Crippen LogP contribution in [0.25, 0.3) is 0 Å². The molecule has 2 aliphatic rings. The minimum Gasteiger partial charge on any atom is -0.386 e. The number of nitrogens with one attached hydrogen (secondary N) is 1. The van der Waals surface area contributed by atoms with Gasteiger partial charge >= 0.3 is 0 Å². The normalized spacial score (nSPS) is 37.3. The van der Waals surface area contributed by atoms with Crippen LogP contribution in [0.1, 0.15) is 66.2 Å². The summed E-state index contributed by atoms with van der Waals surface area (Å²) in [6.07, 6.45) is 12.9. The lowest BCUT2D eigenvalue weighted by atomic mass is 9.68. The molecule has 1 fully saturated rings. The van der Waals surface area contributed by atoms with Gasteiger partial charge in [0.1, 0.15) is 0 Å². The molecule has 0 bridgehead atoms. The van der Waals surface area contributed by atoms with E-state index in [1.54, 1.807) is 0 Å². The predicted molar refractivity (Wildman–Crippen MR) is 90.2 cm³/mol. The van der Waals surface area contributed by atoms with Gasteiger partial charge in [0, 0.05) is 13.0 Å². The maximum absolute atomic E-state index is 5.81. The van der Waals surface area contributed by atoms with E-state index in [2.05, 4.69) is 45.3 Å². The molecule has 1 saturated carbocycles. The topological polar surface area (TPSA) is 21.3 Å². The number of hydrogen-bond acceptors (Lipinski definition) is 2. The fourth-order valence-electron chi connectivity index (χ4n) is 4.36. The quantitative estimate of drug-likeness (QED) is 0.807. The van der Waals surface area contributed by atoms with Gasteiger partial charge in [-0.25, -0.2) is 0 Å². The molecule has 21 heavy (non-hydrogen) atoms. The summed E-state index contributed by atoms with van der Waals surface area (Å²) >= 11 is 0. The van der Waals surface area contributed by atoms with Crippen molar-refractivity contribution >= 4 is 0 Å². The SMILES string of the molecule is CCC1NC=CC(CC2CCC(C(C)(C)C)CC2)C1OC. The van der Waals surface area contributed by atoms with Crippen molar-refractivity contribution in [2.75, 3.05) is 7.11 Å². The fraction of sp³-hybridized carbons (Fsp3) is 0.895. The Morgan fingerprint density at radius 3 is 2.33 bits per heavy atom. The predicted octanol–water partition coefficient (Wildman–Crippen LogP) is 4.76. The van der Waals surface area contributed by atoms with E-state index in [-0.39, 0.29) is 0 Å². The van der Waals surface area contributed by atoms with E-state index in [4.69, 9.17) is 4.74 Å². The zero-order chi connectivity index (χ0) is 15.5. The fourth-order valence-corrected chi connectivity index (χ4v) is 4.36. The molecular weight excluding hydrogens is 258 g/mol. The molecule has 1 N–H and O–H groups in total. The van der Waals surface area contributed by atoms with E-state index in [9.17, 15) is 0 Å². The second-order valence-corrected chi connectivity index (χ2v) is 8.22. The molecular formula is C19H35NO. The van der Waals surface area contributed by atoms with E-state index in [0.717, 1.165) is 18.3 Å². The summed E-state index contributed by atoms with van der Waals surface area (Å²) in [5.41, 5.74) is 0.488. The highest BCUT2D eigenvalue weighted by atomic mass is 16.5. The lowest BCUT2D eigenvalue weighted by molar-refractivity contribution is 0.0211. The molecule has 2 heteroatoms. The largest absolute Gasteiger partial charge is 0.386 e. The van der Waals surface area contributed by atoms with E-state index in [1.165, 1.54) is 32.1 Å². The molecule has 1 heterocycles. The van der Waals surface area contributed by atoms with Gasteiger partial charge in [-0.3, -0.25) is 0 Å². The van der Waals surface area contributed by atoms with Gasteiger partial charge in [-0.1, -0.05) is 46.6 Å². The Morgan fingerprint density at radius 1 is 1.14 bits per heavy atom. The van der Waals surface area contributed by atoms with Crippen molar-refractivity contribution in [2.45, 2.75) is 78.4 Å². The number of hydrogen-bond donors (Lipinski definition) is 1. The molecule has 2 rings (SSSR count). The van der Waals surface area contributed by atoms with Crippen LogP contribution in [0.15, 0.2) is 12.3 Å². The van der Waals surface area contributed by atoms with Crippen molar-refractivity contribution < 1.29 is 4.74 Å². The lowest BCUT2D eigenvalue weighted by Gasteiger charge is -2.40. The van der Waals surface area contributed by atoms with E-state index in [1.807, 2.05) is 7.11 Å². The molecule has 0 spiro atoms. The average Bonchev–Trinajstić information content (AvgIpc) is 2.46. The van der Waals surface area contributed by atoms with Crippen molar-refractivity contribution in [3.8, 4) is 0 Å². The summed E-state index contributed by atoms with van der Waals surface area (Å²) in [6.45, 7) is 9.45. The summed E-state index contributed by atoms with van der Waals surface area (Å²) in [5, 5.41) is 3.46.